The Kier molecular flexibility index (Phi) is 4.62. The van der Waals surface area contributed by atoms with Gasteiger partial charge in [-0.1, -0.05) is 28.1 Å². The molecule has 0 saturated carbocycles. The van der Waals surface area contributed by atoms with Gasteiger partial charge in [-0.25, -0.2) is 15.0 Å². The van der Waals surface area contributed by atoms with E-state index in [9.17, 15) is 10.1 Å². The van der Waals surface area contributed by atoms with Crippen molar-refractivity contribution in [3.63, 3.8) is 0 Å². The molecule has 0 spiro atoms. The van der Waals surface area contributed by atoms with E-state index in [-0.39, 0.29) is 17.3 Å². The predicted octanol–water partition coefficient (Wildman–Crippen LogP) is 4.03. The average molecular weight is 387 g/mol. The van der Waals surface area contributed by atoms with Gasteiger partial charge in [0, 0.05) is 16.4 Å². The van der Waals surface area contributed by atoms with Crippen LogP contribution in [0, 0.1) is 10.1 Å². The molecule has 0 aliphatic rings. The van der Waals surface area contributed by atoms with Crippen molar-refractivity contribution < 1.29 is 4.92 Å². The third-order valence-electron chi connectivity index (χ3n) is 3.00. The Morgan fingerprint density at radius 1 is 1.00 bits per heavy atom. The van der Waals surface area contributed by atoms with Crippen molar-refractivity contribution in [3.05, 3.63) is 69.6 Å². The fraction of sp³-hybridized carbons (Fsp3) is 0. The number of nitrogens with one attached hydrogen (secondary N) is 2. The van der Waals surface area contributed by atoms with E-state index in [1.165, 1.54) is 6.33 Å². The smallest absolute Gasteiger partial charge is 0.334 e. The molecule has 0 aliphatic carbocycles. The van der Waals surface area contributed by atoms with Crippen molar-refractivity contribution in [2.24, 2.45) is 0 Å². The Labute approximate surface area is 145 Å². The van der Waals surface area contributed by atoms with E-state index < -0.39 is 4.92 Å². The SMILES string of the molecule is O=[N+]([O-])c1c(Nc2cccc(Br)c2)ncnc1Nc1ccccn1. The van der Waals surface area contributed by atoms with Crippen molar-refractivity contribution in [1.82, 2.24) is 15.0 Å². The molecule has 2 N–H and O–H groups in total. The van der Waals surface area contributed by atoms with Gasteiger partial charge in [0.05, 0.1) is 4.92 Å². The summed E-state index contributed by atoms with van der Waals surface area (Å²) in [5.74, 6) is 0.602. The van der Waals surface area contributed by atoms with Crippen LogP contribution in [0.25, 0.3) is 0 Å². The maximum absolute atomic E-state index is 11.5. The summed E-state index contributed by atoms with van der Waals surface area (Å²) in [5, 5.41) is 17.3. The van der Waals surface area contributed by atoms with Gasteiger partial charge in [0.15, 0.2) is 0 Å². The Morgan fingerprint density at radius 3 is 2.46 bits per heavy atom. The summed E-state index contributed by atoms with van der Waals surface area (Å²) >= 11 is 3.35. The fourth-order valence-electron chi connectivity index (χ4n) is 2.00. The molecule has 24 heavy (non-hydrogen) atoms. The molecular weight excluding hydrogens is 376 g/mol. The number of rotatable bonds is 5. The Morgan fingerprint density at radius 2 is 1.79 bits per heavy atom. The van der Waals surface area contributed by atoms with E-state index in [0.717, 1.165) is 4.47 Å². The van der Waals surface area contributed by atoms with E-state index in [1.807, 2.05) is 12.1 Å². The van der Waals surface area contributed by atoms with Crippen LogP contribution in [0.4, 0.5) is 28.8 Å². The van der Waals surface area contributed by atoms with Crippen LogP contribution in [-0.2, 0) is 0 Å². The summed E-state index contributed by atoms with van der Waals surface area (Å²) in [5.41, 5.74) is 0.401. The van der Waals surface area contributed by atoms with Crippen LogP contribution >= 0.6 is 15.9 Å². The highest BCUT2D eigenvalue weighted by Gasteiger charge is 2.23. The molecule has 2 heterocycles. The predicted molar refractivity (Wildman–Crippen MR) is 93.6 cm³/mol. The van der Waals surface area contributed by atoms with E-state index in [0.29, 0.717) is 11.5 Å². The van der Waals surface area contributed by atoms with Crippen LogP contribution in [0.1, 0.15) is 0 Å². The number of hydrogen-bond donors (Lipinski definition) is 2. The third-order valence-corrected chi connectivity index (χ3v) is 3.50. The molecule has 0 saturated heterocycles. The molecule has 0 aliphatic heterocycles. The van der Waals surface area contributed by atoms with Gasteiger partial charge in [-0.15, -0.1) is 0 Å². The second-order valence-electron chi connectivity index (χ2n) is 4.65. The number of aromatic nitrogens is 3. The molecule has 0 bridgehead atoms. The van der Waals surface area contributed by atoms with Gasteiger partial charge in [0.25, 0.3) is 0 Å². The van der Waals surface area contributed by atoms with Gasteiger partial charge in [-0.3, -0.25) is 10.1 Å². The maximum atomic E-state index is 11.5. The van der Waals surface area contributed by atoms with Crippen LogP contribution < -0.4 is 10.6 Å². The van der Waals surface area contributed by atoms with Gasteiger partial charge in [0.2, 0.25) is 11.6 Å². The van der Waals surface area contributed by atoms with Gasteiger partial charge >= 0.3 is 5.69 Å². The first-order valence-corrected chi connectivity index (χ1v) is 7.63. The molecule has 2 aromatic heterocycles. The molecule has 0 atom stereocenters. The molecule has 3 rings (SSSR count). The van der Waals surface area contributed by atoms with E-state index >= 15 is 0 Å². The highest BCUT2D eigenvalue weighted by molar-refractivity contribution is 9.10. The minimum absolute atomic E-state index is 0.0613. The minimum atomic E-state index is -0.536. The summed E-state index contributed by atoms with van der Waals surface area (Å²) in [4.78, 5) is 23.0. The lowest BCUT2D eigenvalue weighted by atomic mass is 10.3. The first-order chi connectivity index (χ1) is 11.6. The number of nitro groups is 1. The lowest BCUT2D eigenvalue weighted by Crippen LogP contribution is -2.06. The summed E-state index contributed by atoms with van der Waals surface area (Å²) in [6, 6.07) is 12.4. The van der Waals surface area contributed by atoms with Crippen molar-refractivity contribution in [3.8, 4) is 0 Å². The molecule has 0 unspecified atom stereocenters. The number of anilines is 4. The van der Waals surface area contributed by atoms with Gasteiger partial charge < -0.3 is 10.6 Å². The van der Waals surface area contributed by atoms with Crippen molar-refractivity contribution in [2.75, 3.05) is 10.6 Å². The Bertz CT molecular complexity index is 875. The largest absolute Gasteiger partial charge is 0.353 e. The summed E-state index contributed by atoms with van der Waals surface area (Å²) < 4.78 is 0.844. The van der Waals surface area contributed by atoms with Crippen LogP contribution in [0.3, 0.4) is 0 Å². The summed E-state index contributed by atoms with van der Waals surface area (Å²) in [7, 11) is 0. The number of hydrogen-bond acceptors (Lipinski definition) is 7. The first kappa shape index (κ1) is 15.8. The zero-order chi connectivity index (χ0) is 16.9. The van der Waals surface area contributed by atoms with Crippen LogP contribution in [0.5, 0.6) is 0 Å². The van der Waals surface area contributed by atoms with Gasteiger partial charge in [-0.2, -0.15) is 0 Å². The topological polar surface area (TPSA) is 106 Å². The van der Waals surface area contributed by atoms with Crippen molar-refractivity contribution >= 4 is 44.8 Å². The van der Waals surface area contributed by atoms with E-state index in [1.54, 1.807) is 36.5 Å². The lowest BCUT2D eigenvalue weighted by molar-refractivity contribution is -0.383. The number of benzene rings is 1. The zero-order valence-electron chi connectivity index (χ0n) is 12.2. The van der Waals surface area contributed by atoms with Crippen molar-refractivity contribution in [1.29, 1.82) is 0 Å². The number of pyridine rings is 1. The Balaban J connectivity index is 1.97. The van der Waals surface area contributed by atoms with Gasteiger partial charge in [0.1, 0.15) is 12.1 Å². The van der Waals surface area contributed by atoms with Crippen LogP contribution in [0.2, 0.25) is 0 Å². The standard InChI is InChI=1S/C15H11BrN6O2/c16-10-4-3-5-11(8-10)20-14-13(22(23)24)15(19-9-18-14)21-12-6-1-2-7-17-12/h1-9H,(H2,17,18,19,20,21). The zero-order valence-corrected chi connectivity index (χ0v) is 13.8. The molecule has 120 valence electrons. The van der Waals surface area contributed by atoms with E-state index in [4.69, 9.17) is 0 Å². The van der Waals surface area contributed by atoms with Crippen LogP contribution in [-0.4, -0.2) is 19.9 Å². The third kappa shape index (κ3) is 3.63. The molecule has 3 aromatic rings. The summed E-state index contributed by atoms with van der Waals surface area (Å²) in [6.45, 7) is 0. The molecule has 8 nitrogen and oxygen atoms in total. The molecule has 1 aromatic carbocycles. The maximum Gasteiger partial charge on any atom is 0.353 e. The number of halogens is 1. The molecule has 0 amide bonds. The molecular formula is C15H11BrN6O2. The highest BCUT2D eigenvalue weighted by atomic mass is 79.9. The lowest BCUT2D eigenvalue weighted by Gasteiger charge is -2.09. The number of nitrogens with zero attached hydrogens (tertiary/aromatic N) is 4. The van der Waals surface area contributed by atoms with E-state index in [2.05, 4.69) is 41.5 Å². The van der Waals surface area contributed by atoms with Gasteiger partial charge in [-0.05, 0) is 30.3 Å². The average Bonchev–Trinajstić information content (AvgIpc) is 2.56. The second kappa shape index (κ2) is 7.01. The monoisotopic (exact) mass is 386 g/mol. The quantitative estimate of drug-likeness (QED) is 0.503. The fourth-order valence-corrected chi connectivity index (χ4v) is 2.39. The minimum Gasteiger partial charge on any atom is -0.334 e. The molecule has 9 heteroatoms. The second-order valence-corrected chi connectivity index (χ2v) is 5.57. The summed E-state index contributed by atoms with van der Waals surface area (Å²) in [6.07, 6.45) is 2.83. The highest BCUT2D eigenvalue weighted by Crippen LogP contribution is 2.32. The normalized spacial score (nSPS) is 10.2. The first-order valence-electron chi connectivity index (χ1n) is 6.83. The van der Waals surface area contributed by atoms with Crippen molar-refractivity contribution in [2.45, 2.75) is 0 Å². The van der Waals surface area contributed by atoms with Crippen LogP contribution in [0.15, 0.2) is 59.5 Å². The Hall–Kier alpha value is -3.07. The molecule has 0 fully saturated rings. The molecule has 0 radical (unpaired) electrons.